The number of aliphatic hydroxyl groups excluding tert-OH is 1. The summed E-state index contributed by atoms with van der Waals surface area (Å²) in [5.74, 6) is 1.13. The first-order chi connectivity index (χ1) is 8.66. The SMILES string of the molecule is CC(C)Oc1cncc(C(O)C2CCCCC2)c1. The maximum absolute atomic E-state index is 10.4. The number of pyridine rings is 1. The van der Waals surface area contributed by atoms with Crippen LogP contribution in [0.4, 0.5) is 0 Å². The molecule has 0 bridgehead atoms. The van der Waals surface area contributed by atoms with E-state index < -0.39 is 6.10 Å². The van der Waals surface area contributed by atoms with Gasteiger partial charge in [0.25, 0.3) is 0 Å². The van der Waals surface area contributed by atoms with Crippen LogP contribution in [-0.2, 0) is 0 Å². The standard InChI is InChI=1S/C15H23NO2/c1-11(2)18-14-8-13(9-16-10-14)15(17)12-6-4-3-5-7-12/h8-12,15,17H,3-7H2,1-2H3. The van der Waals surface area contributed by atoms with E-state index in [2.05, 4.69) is 4.98 Å². The second-order valence-electron chi connectivity index (χ2n) is 5.46. The highest BCUT2D eigenvalue weighted by Gasteiger charge is 2.23. The normalized spacial score (nSPS) is 18.9. The highest BCUT2D eigenvalue weighted by Crippen LogP contribution is 2.34. The van der Waals surface area contributed by atoms with Crippen molar-refractivity contribution in [2.75, 3.05) is 0 Å². The van der Waals surface area contributed by atoms with Gasteiger partial charge in [-0.05, 0) is 38.7 Å². The van der Waals surface area contributed by atoms with Gasteiger partial charge in [0.05, 0.1) is 18.4 Å². The lowest BCUT2D eigenvalue weighted by molar-refractivity contribution is 0.0841. The van der Waals surface area contributed by atoms with Crippen molar-refractivity contribution in [2.45, 2.75) is 58.2 Å². The molecular weight excluding hydrogens is 226 g/mol. The van der Waals surface area contributed by atoms with E-state index in [0.29, 0.717) is 5.92 Å². The van der Waals surface area contributed by atoms with Gasteiger partial charge in [0.2, 0.25) is 0 Å². The van der Waals surface area contributed by atoms with Gasteiger partial charge in [-0.3, -0.25) is 4.98 Å². The summed E-state index contributed by atoms with van der Waals surface area (Å²) in [6.07, 6.45) is 9.21. The van der Waals surface area contributed by atoms with E-state index in [0.717, 1.165) is 24.2 Å². The lowest BCUT2D eigenvalue weighted by atomic mass is 9.83. The molecule has 0 spiro atoms. The molecule has 0 amide bonds. The van der Waals surface area contributed by atoms with Crippen molar-refractivity contribution in [3.8, 4) is 5.75 Å². The molecule has 1 aromatic heterocycles. The van der Waals surface area contributed by atoms with Crippen LogP contribution in [-0.4, -0.2) is 16.2 Å². The van der Waals surface area contributed by atoms with Crippen molar-refractivity contribution in [1.29, 1.82) is 0 Å². The van der Waals surface area contributed by atoms with Gasteiger partial charge in [0.15, 0.2) is 0 Å². The molecule has 1 heterocycles. The number of rotatable bonds is 4. The predicted molar refractivity (Wildman–Crippen MR) is 71.5 cm³/mol. The van der Waals surface area contributed by atoms with Crippen LogP contribution >= 0.6 is 0 Å². The summed E-state index contributed by atoms with van der Waals surface area (Å²) in [5, 5.41) is 10.4. The van der Waals surface area contributed by atoms with E-state index in [-0.39, 0.29) is 6.10 Å². The van der Waals surface area contributed by atoms with Crippen LogP contribution in [0.25, 0.3) is 0 Å². The maximum atomic E-state index is 10.4. The lowest BCUT2D eigenvalue weighted by Gasteiger charge is -2.26. The first kappa shape index (κ1) is 13.3. The number of aromatic nitrogens is 1. The minimum Gasteiger partial charge on any atom is -0.489 e. The van der Waals surface area contributed by atoms with Crippen LogP contribution in [0.3, 0.4) is 0 Å². The smallest absolute Gasteiger partial charge is 0.138 e. The Morgan fingerprint density at radius 3 is 2.61 bits per heavy atom. The summed E-state index contributed by atoms with van der Waals surface area (Å²) < 4.78 is 5.62. The fourth-order valence-electron chi connectivity index (χ4n) is 2.66. The van der Waals surface area contributed by atoms with Crippen LogP contribution in [0.2, 0.25) is 0 Å². The molecule has 1 saturated carbocycles. The lowest BCUT2D eigenvalue weighted by Crippen LogP contribution is -2.16. The number of aliphatic hydroxyl groups is 1. The molecule has 0 aliphatic heterocycles. The maximum Gasteiger partial charge on any atom is 0.138 e. The molecule has 0 aromatic carbocycles. The second kappa shape index (κ2) is 6.19. The molecule has 1 N–H and O–H groups in total. The van der Waals surface area contributed by atoms with Gasteiger partial charge in [-0.15, -0.1) is 0 Å². The van der Waals surface area contributed by atoms with Gasteiger partial charge in [0, 0.05) is 11.8 Å². The molecule has 1 aliphatic carbocycles. The van der Waals surface area contributed by atoms with Gasteiger partial charge in [0.1, 0.15) is 5.75 Å². The first-order valence-electron chi connectivity index (χ1n) is 6.96. The highest BCUT2D eigenvalue weighted by atomic mass is 16.5. The van der Waals surface area contributed by atoms with Crippen molar-refractivity contribution in [2.24, 2.45) is 5.92 Å². The monoisotopic (exact) mass is 249 g/mol. The van der Waals surface area contributed by atoms with E-state index in [1.165, 1.54) is 19.3 Å². The minimum absolute atomic E-state index is 0.133. The molecule has 2 rings (SSSR count). The molecule has 3 heteroatoms. The Morgan fingerprint density at radius 2 is 1.94 bits per heavy atom. The Balaban J connectivity index is 2.06. The van der Waals surface area contributed by atoms with E-state index in [1.54, 1.807) is 12.4 Å². The quantitative estimate of drug-likeness (QED) is 0.888. The third-order valence-corrected chi connectivity index (χ3v) is 3.54. The van der Waals surface area contributed by atoms with Gasteiger partial charge in [-0.1, -0.05) is 19.3 Å². The third-order valence-electron chi connectivity index (χ3n) is 3.54. The van der Waals surface area contributed by atoms with Gasteiger partial charge in [-0.2, -0.15) is 0 Å². The highest BCUT2D eigenvalue weighted by molar-refractivity contribution is 5.25. The van der Waals surface area contributed by atoms with Crippen molar-refractivity contribution in [3.05, 3.63) is 24.0 Å². The van der Waals surface area contributed by atoms with Crippen molar-refractivity contribution < 1.29 is 9.84 Å². The van der Waals surface area contributed by atoms with E-state index in [1.807, 2.05) is 19.9 Å². The molecule has 18 heavy (non-hydrogen) atoms. The zero-order chi connectivity index (χ0) is 13.0. The van der Waals surface area contributed by atoms with Gasteiger partial charge < -0.3 is 9.84 Å². The molecule has 100 valence electrons. The van der Waals surface area contributed by atoms with Crippen LogP contribution in [0, 0.1) is 5.92 Å². The number of hydrogen-bond acceptors (Lipinski definition) is 3. The fraction of sp³-hybridized carbons (Fsp3) is 0.667. The van der Waals surface area contributed by atoms with E-state index >= 15 is 0 Å². The molecule has 1 fully saturated rings. The van der Waals surface area contributed by atoms with E-state index in [4.69, 9.17) is 4.74 Å². The zero-order valence-electron chi connectivity index (χ0n) is 11.3. The zero-order valence-corrected chi connectivity index (χ0v) is 11.3. The van der Waals surface area contributed by atoms with Crippen LogP contribution < -0.4 is 4.74 Å². The summed E-state index contributed by atoms with van der Waals surface area (Å²) in [7, 11) is 0. The van der Waals surface area contributed by atoms with Crippen LogP contribution in [0.15, 0.2) is 18.5 Å². The Bertz CT molecular complexity index is 373. The average molecular weight is 249 g/mol. The molecule has 1 atom stereocenters. The molecule has 1 aliphatic rings. The molecule has 0 radical (unpaired) electrons. The molecule has 0 saturated heterocycles. The Morgan fingerprint density at radius 1 is 1.22 bits per heavy atom. The molecule has 3 nitrogen and oxygen atoms in total. The molecule has 1 aromatic rings. The number of hydrogen-bond donors (Lipinski definition) is 1. The summed E-state index contributed by atoms with van der Waals surface area (Å²) in [6.45, 7) is 3.98. The van der Waals surface area contributed by atoms with Crippen LogP contribution in [0.5, 0.6) is 5.75 Å². The molecule has 1 unspecified atom stereocenters. The Hall–Kier alpha value is -1.09. The summed E-state index contributed by atoms with van der Waals surface area (Å²) in [6, 6.07) is 1.92. The average Bonchev–Trinajstić information content (AvgIpc) is 2.38. The van der Waals surface area contributed by atoms with E-state index in [9.17, 15) is 5.11 Å². The third kappa shape index (κ3) is 3.45. The minimum atomic E-state index is -0.395. The van der Waals surface area contributed by atoms with Crippen LogP contribution in [0.1, 0.15) is 57.6 Å². The topological polar surface area (TPSA) is 42.4 Å². The summed E-state index contributed by atoms with van der Waals surface area (Å²) in [4.78, 5) is 4.17. The summed E-state index contributed by atoms with van der Waals surface area (Å²) in [5.41, 5.74) is 0.889. The van der Waals surface area contributed by atoms with Gasteiger partial charge in [-0.25, -0.2) is 0 Å². The fourth-order valence-corrected chi connectivity index (χ4v) is 2.66. The summed E-state index contributed by atoms with van der Waals surface area (Å²) >= 11 is 0. The largest absolute Gasteiger partial charge is 0.489 e. The Labute approximate surface area is 109 Å². The number of nitrogens with zero attached hydrogens (tertiary/aromatic N) is 1. The predicted octanol–water partition coefficient (Wildman–Crippen LogP) is 3.48. The van der Waals surface area contributed by atoms with Gasteiger partial charge >= 0.3 is 0 Å². The second-order valence-corrected chi connectivity index (χ2v) is 5.46. The van der Waals surface area contributed by atoms with Crippen molar-refractivity contribution >= 4 is 0 Å². The van der Waals surface area contributed by atoms with Crippen molar-refractivity contribution in [3.63, 3.8) is 0 Å². The van der Waals surface area contributed by atoms with Crippen molar-refractivity contribution in [1.82, 2.24) is 4.98 Å². The number of ether oxygens (including phenoxy) is 1. The Kier molecular flexibility index (Phi) is 4.59. The molecular formula is C15H23NO2. The first-order valence-corrected chi connectivity index (χ1v) is 6.96.